The summed E-state index contributed by atoms with van der Waals surface area (Å²) in [6, 6.07) is 0. The average molecular weight is 255 g/mol. The van der Waals surface area contributed by atoms with Gasteiger partial charge in [-0.1, -0.05) is 40.2 Å². The third-order valence-corrected chi connectivity index (χ3v) is 4.00. The zero-order chi connectivity index (χ0) is 14.4. The van der Waals surface area contributed by atoms with Crippen LogP contribution >= 0.6 is 0 Å². The molecule has 0 aromatic carbocycles. The van der Waals surface area contributed by atoms with Gasteiger partial charge < -0.3 is 10.4 Å². The number of rotatable bonds is 6. The summed E-state index contributed by atoms with van der Waals surface area (Å²) in [5.41, 5.74) is 0.891. The molecule has 0 spiro atoms. The molecule has 1 amide bonds. The van der Waals surface area contributed by atoms with Crippen LogP contribution < -0.4 is 5.32 Å². The van der Waals surface area contributed by atoms with Crippen LogP contribution in [0.3, 0.4) is 0 Å². The molecular weight excluding hydrogens is 226 g/mol. The second kappa shape index (κ2) is 6.93. The number of hydrogen-bond acceptors (Lipinski definition) is 2. The lowest BCUT2D eigenvalue weighted by Crippen LogP contribution is -2.39. The molecule has 0 fully saturated rings. The van der Waals surface area contributed by atoms with Gasteiger partial charge in [0.25, 0.3) is 0 Å². The largest absolute Gasteiger partial charge is 0.396 e. The average Bonchev–Trinajstić information content (AvgIpc) is 2.30. The summed E-state index contributed by atoms with van der Waals surface area (Å²) >= 11 is 0. The highest BCUT2D eigenvalue weighted by molar-refractivity contribution is 5.88. The van der Waals surface area contributed by atoms with Gasteiger partial charge in [0.1, 0.15) is 0 Å². The van der Waals surface area contributed by atoms with Crippen molar-refractivity contribution in [1.29, 1.82) is 0 Å². The highest BCUT2D eigenvalue weighted by atomic mass is 16.3. The molecule has 106 valence electrons. The van der Waals surface area contributed by atoms with Crippen LogP contribution in [0.15, 0.2) is 11.6 Å². The molecule has 0 radical (unpaired) electrons. The Labute approximate surface area is 112 Å². The van der Waals surface area contributed by atoms with Crippen LogP contribution in [0.25, 0.3) is 0 Å². The Morgan fingerprint density at radius 2 is 1.72 bits per heavy atom. The van der Waals surface area contributed by atoms with Crippen LogP contribution in [0.5, 0.6) is 0 Å². The Morgan fingerprint density at radius 3 is 2.06 bits per heavy atom. The zero-order valence-corrected chi connectivity index (χ0v) is 12.8. The zero-order valence-electron chi connectivity index (χ0n) is 12.8. The van der Waals surface area contributed by atoms with E-state index in [0.717, 1.165) is 18.4 Å². The molecule has 3 heteroatoms. The highest BCUT2D eigenvalue weighted by Crippen LogP contribution is 2.25. The minimum absolute atomic E-state index is 0.0148. The molecule has 3 nitrogen and oxygen atoms in total. The van der Waals surface area contributed by atoms with E-state index in [2.05, 4.69) is 26.1 Å². The van der Waals surface area contributed by atoms with E-state index < -0.39 is 0 Å². The maximum absolute atomic E-state index is 11.8. The topological polar surface area (TPSA) is 49.3 Å². The molecule has 2 N–H and O–H groups in total. The van der Waals surface area contributed by atoms with Gasteiger partial charge in [0.15, 0.2) is 0 Å². The third-order valence-electron chi connectivity index (χ3n) is 4.00. The van der Waals surface area contributed by atoms with E-state index in [0.29, 0.717) is 6.54 Å². The number of aliphatic hydroxyl groups is 1. The van der Waals surface area contributed by atoms with Gasteiger partial charge in [0.2, 0.25) is 5.91 Å². The Kier molecular flexibility index (Phi) is 6.61. The summed E-state index contributed by atoms with van der Waals surface area (Å²) in [4.78, 5) is 11.8. The quantitative estimate of drug-likeness (QED) is 0.717. The molecule has 0 aliphatic carbocycles. The molecule has 0 saturated carbocycles. The van der Waals surface area contributed by atoms with Crippen molar-refractivity contribution in [1.82, 2.24) is 5.32 Å². The second-order valence-corrected chi connectivity index (χ2v) is 6.16. The lowest BCUT2D eigenvalue weighted by molar-refractivity contribution is -0.117. The molecule has 0 aromatic rings. The number of carbonyl (C=O) groups excluding carboxylic acids is 1. The summed E-state index contributed by atoms with van der Waals surface area (Å²) in [6.07, 6.45) is 3.39. The Bertz CT molecular complexity index is 288. The normalized spacial score (nSPS) is 13.6. The van der Waals surface area contributed by atoms with Gasteiger partial charge in [-0.25, -0.2) is 0 Å². The monoisotopic (exact) mass is 255 g/mol. The number of carbonyl (C=O) groups is 1. The Balaban J connectivity index is 4.52. The third kappa shape index (κ3) is 5.21. The first-order chi connectivity index (χ1) is 8.20. The van der Waals surface area contributed by atoms with Gasteiger partial charge in [-0.15, -0.1) is 0 Å². The standard InChI is InChI=1S/C15H29NO2/c1-7-15(8-2,11-17)10-16-13(18)9-12(3)14(4,5)6/h9,17H,7-8,10-11H2,1-6H3,(H,16,18)/b12-9-. The van der Waals surface area contributed by atoms with E-state index in [-0.39, 0.29) is 23.3 Å². The van der Waals surface area contributed by atoms with E-state index in [1.165, 1.54) is 0 Å². The molecule has 0 atom stereocenters. The minimum atomic E-state index is -0.181. The van der Waals surface area contributed by atoms with Crippen molar-refractivity contribution in [3.05, 3.63) is 11.6 Å². The number of amides is 1. The first-order valence-electron chi connectivity index (χ1n) is 6.78. The second-order valence-electron chi connectivity index (χ2n) is 6.16. The van der Waals surface area contributed by atoms with E-state index in [1.54, 1.807) is 6.08 Å². The van der Waals surface area contributed by atoms with Crippen molar-refractivity contribution in [3.8, 4) is 0 Å². The lowest BCUT2D eigenvalue weighted by Gasteiger charge is -2.29. The molecular formula is C15H29NO2. The van der Waals surface area contributed by atoms with Gasteiger partial charge in [0.05, 0.1) is 6.61 Å². The molecule has 0 saturated heterocycles. The van der Waals surface area contributed by atoms with Gasteiger partial charge in [-0.2, -0.15) is 0 Å². The molecule has 0 bridgehead atoms. The summed E-state index contributed by atoms with van der Waals surface area (Å²) in [5.74, 6) is -0.0675. The van der Waals surface area contributed by atoms with Crippen LogP contribution in [0, 0.1) is 10.8 Å². The van der Waals surface area contributed by atoms with Crippen molar-refractivity contribution in [2.45, 2.75) is 54.4 Å². The van der Waals surface area contributed by atoms with Crippen molar-refractivity contribution in [2.75, 3.05) is 13.2 Å². The van der Waals surface area contributed by atoms with Gasteiger partial charge >= 0.3 is 0 Å². The van der Waals surface area contributed by atoms with E-state index in [9.17, 15) is 9.90 Å². The molecule has 18 heavy (non-hydrogen) atoms. The summed E-state index contributed by atoms with van der Waals surface area (Å²) in [5, 5.41) is 12.3. The molecule has 0 unspecified atom stereocenters. The van der Waals surface area contributed by atoms with Crippen LogP contribution in [0.1, 0.15) is 54.4 Å². The number of aliphatic hydroxyl groups excluding tert-OH is 1. The smallest absolute Gasteiger partial charge is 0.243 e. The van der Waals surface area contributed by atoms with E-state index in [1.807, 2.05) is 20.8 Å². The maximum atomic E-state index is 11.8. The summed E-state index contributed by atoms with van der Waals surface area (Å²) < 4.78 is 0. The van der Waals surface area contributed by atoms with Crippen molar-refractivity contribution in [3.63, 3.8) is 0 Å². The lowest BCUT2D eigenvalue weighted by atomic mass is 9.83. The number of hydrogen-bond donors (Lipinski definition) is 2. The fourth-order valence-corrected chi connectivity index (χ4v) is 1.52. The first kappa shape index (κ1) is 17.2. The molecule has 0 rings (SSSR count). The highest BCUT2D eigenvalue weighted by Gasteiger charge is 2.25. The Morgan fingerprint density at radius 1 is 1.22 bits per heavy atom. The van der Waals surface area contributed by atoms with E-state index in [4.69, 9.17) is 0 Å². The number of allylic oxidation sites excluding steroid dienone is 1. The van der Waals surface area contributed by atoms with Gasteiger partial charge in [-0.05, 0) is 25.2 Å². The van der Waals surface area contributed by atoms with Crippen LogP contribution in [-0.4, -0.2) is 24.2 Å². The van der Waals surface area contributed by atoms with Crippen LogP contribution in [-0.2, 0) is 4.79 Å². The fraction of sp³-hybridized carbons (Fsp3) is 0.800. The summed E-state index contributed by atoms with van der Waals surface area (Å²) in [7, 11) is 0. The number of nitrogens with one attached hydrogen (secondary N) is 1. The molecule has 0 aromatic heterocycles. The first-order valence-corrected chi connectivity index (χ1v) is 6.78. The molecule has 0 aliphatic heterocycles. The Hall–Kier alpha value is -0.830. The molecule has 0 aliphatic rings. The van der Waals surface area contributed by atoms with Crippen LogP contribution in [0.4, 0.5) is 0 Å². The minimum Gasteiger partial charge on any atom is -0.396 e. The molecule has 0 heterocycles. The fourth-order valence-electron chi connectivity index (χ4n) is 1.52. The predicted octanol–water partition coefficient (Wildman–Crippen LogP) is 2.89. The van der Waals surface area contributed by atoms with Gasteiger partial charge in [0, 0.05) is 18.0 Å². The maximum Gasteiger partial charge on any atom is 0.243 e. The van der Waals surface area contributed by atoms with Crippen molar-refractivity contribution < 1.29 is 9.90 Å². The predicted molar refractivity (Wildman–Crippen MR) is 76.3 cm³/mol. The van der Waals surface area contributed by atoms with Crippen molar-refractivity contribution in [2.24, 2.45) is 10.8 Å². The van der Waals surface area contributed by atoms with Crippen LogP contribution in [0.2, 0.25) is 0 Å². The van der Waals surface area contributed by atoms with Crippen molar-refractivity contribution >= 4 is 5.91 Å². The summed E-state index contributed by atoms with van der Waals surface area (Å²) in [6.45, 7) is 13.0. The van der Waals surface area contributed by atoms with E-state index >= 15 is 0 Å². The SMILES string of the molecule is CCC(CC)(CO)CNC(=O)/C=C(/C)C(C)(C)C. The van der Waals surface area contributed by atoms with Gasteiger partial charge in [-0.3, -0.25) is 4.79 Å².